The van der Waals surface area contributed by atoms with E-state index in [1.54, 1.807) is 0 Å². The lowest BCUT2D eigenvalue weighted by atomic mass is 9.83. The molecule has 0 radical (unpaired) electrons. The second kappa shape index (κ2) is 7.86. The van der Waals surface area contributed by atoms with Gasteiger partial charge in [0.15, 0.2) is 0 Å². The molecule has 132 valence electrons. The number of hydrogen-bond acceptors (Lipinski definition) is 2. The van der Waals surface area contributed by atoms with Gasteiger partial charge in [-0.05, 0) is 43.5 Å². The molecule has 1 aliphatic rings. The lowest BCUT2D eigenvalue weighted by Gasteiger charge is -2.44. The van der Waals surface area contributed by atoms with E-state index in [1.807, 2.05) is 0 Å². The zero-order valence-electron chi connectivity index (χ0n) is 15.0. The van der Waals surface area contributed by atoms with Gasteiger partial charge in [-0.1, -0.05) is 64.0 Å². The van der Waals surface area contributed by atoms with E-state index in [0.29, 0.717) is 12.8 Å². The van der Waals surface area contributed by atoms with Gasteiger partial charge in [0.1, 0.15) is 6.73 Å². The monoisotopic (exact) mass is 399 g/mol. The third kappa shape index (κ3) is 4.22. The third-order valence-corrected chi connectivity index (χ3v) is 5.63. The minimum absolute atomic E-state index is 0.247. The summed E-state index contributed by atoms with van der Waals surface area (Å²) in [7, 11) is 0. The largest absolute Gasteiger partial charge is 0.355 e. The number of ether oxygens (including phenoxy) is 1. The summed E-state index contributed by atoms with van der Waals surface area (Å²) in [5.74, 6) is 0. The summed E-state index contributed by atoms with van der Waals surface area (Å²) < 4.78 is 7.61. The minimum atomic E-state index is -0.247. The van der Waals surface area contributed by atoms with Gasteiger partial charge in [-0.2, -0.15) is 0 Å². The van der Waals surface area contributed by atoms with Crippen molar-refractivity contribution in [2.45, 2.75) is 38.3 Å². The molecule has 3 heteroatoms. The van der Waals surface area contributed by atoms with Crippen LogP contribution in [0.3, 0.4) is 0 Å². The molecule has 0 saturated carbocycles. The highest BCUT2D eigenvalue weighted by Crippen LogP contribution is 2.40. The van der Waals surface area contributed by atoms with Crippen molar-refractivity contribution in [3.8, 4) is 0 Å². The van der Waals surface area contributed by atoms with Gasteiger partial charge in [0.05, 0.1) is 5.60 Å². The molecular formula is C22H26BrNO. The van der Waals surface area contributed by atoms with Gasteiger partial charge in [-0.3, -0.25) is 4.90 Å². The van der Waals surface area contributed by atoms with E-state index in [9.17, 15) is 0 Å². The maximum atomic E-state index is 6.50. The van der Waals surface area contributed by atoms with Crippen molar-refractivity contribution < 1.29 is 4.74 Å². The molecule has 2 nitrogen and oxygen atoms in total. The van der Waals surface area contributed by atoms with Gasteiger partial charge in [0.2, 0.25) is 0 Å². The van der Waals surface area contributed by atoms with Crippen LogP contribution in [0.2, 0.25) is 0 Å². The Balaban J connectivity index is 1.75. The topological polar surface area (TPSA) is 12.5 Å². The number of nitrogens with zero attached hydrogens (tertiary/aromatic N) is 1. The highest BCUT2D eigenvalue weighted by molar-refractivity contribution is 9.10. The molecular weight excluding hydrogens is 374 g/mol. The number of halogens is 1. The SMILES string of the molecule is C=C(C)C[C@@]1(c2ccccc2)CCN([C@@H](C)c2ccc(Br)cc2)CO1. The van der Waals surface area contributed by atoms with Gasteiger partial charge in [-0.15, -0.1) is 6.58 Å². The van der Waals surface area contributed by atoms with Crippen molar-refractivity contribution >= 4 is 15.9 Å². The standard InChI is InChI=1S/C22H26BrNO/c1-17(2)15-22(20-7-5-4-6-8-20)13-14-24(16-25-22)18(3)19-9-11-21(23)12-10-19/h4-12,18H,1,13-16H2,2-3H3/t18-,22+/m0/s1. The van der Waals surface area contributed by atoms with Gasteiger partial charge in [-0.25, -0.2) is 0 Å². The lowest BCUT2D eigenvalue weighted by Crippen LogP contribution is -2.45. The van der Waals surface area contributed by atoms with Crippen LogP contribution in [0.5, 0.6) is 0 Å². The maximum absolute atomic E-state index is 6.50. The molecule has 1 fully saturated rings. The Morgan fingerprint density at radius 3 is 2.44 bits per heavy atom. The van der Waals surface area contributed by atoms with Crippen molar-refractivity contribution in [1.29, 1.82) is 0 Å². The first-order valence-corrected chi connectivity index (χ1v) is 9.63. The Kier molecular flexibility index (Phi) is 5.78. The van der Waals surface area contributed by atoms with Crippen LogP contribution in [0.1, 0.15) is 43.9 Å². The Hall–Kier alpha value is -1.42. The molecule has 25 heavy (non-hydrogen) atoms. The van der Waals surface area contributed by atoms with Gasteiger partial charge in [0, 0.05) is 23.5 Å². The summed E-state index contributed by atoms with van der Waals surface area (Å²) in [6.07, 6.45) is 1.85. The summed E-state index contributed by atoms with van der Waals surface area (Å²) in [6, 6.07) is 19.5. The summed E-state index contributed by atoms with van der Waals surface area (Å²) in [5, 5.41) is 0. The molecule has 0 aromatic heterocycles. The molecule has 2 atom stereocenters. The van der Waals surface area contributed by atoms with Crippen LogP contribution in [0.25, 0.3) is 0 Å². The van der Waals surface area contributed by atoms with E-state index < -0.39 is 0 Å². The molecule has 0 N–H and O–H groups in total. The molecule has 0 spiro atoms. The van der Waals surface area contributed by atoms with Crippen LogP contribution in [0, 0.1) is 0 Å². The van der Waals surface area contributed by atoms with E-state index in [-0.39, 0.29) is 5.60 Å². The van der Waals surface area contributed by atoms with Crippen LogP contribution in [-0.4, -0.2) is 18.2 Å². The second-order valence-electron chi connectivity index (χ2n) is 7.06. The van der Waals surface area contributed by atoms with Crippen molar-refractivity contribution in [3.05, 3.63) is 82.3 Å². The zero-order chi connectivity index (χ0) is 17.9. The fourth-order valence-electron chi connectivity index (χ4n) is 3.62. The van der Waals surface area contributed by atoms with Crippen LogP contribution < -0.4 is 0 Å². The average Bonchev–Trinajstić information content (AvgIpc) is 2.63. The van der Waals surface area contributed by atoms with Crippen LogP contribution >= 0.6 is 15.9 Å². The number of benzene rings is 2. The van der Waals surface area contributed by atoms with E-state index >= 15 is 0 Å². The van der Waals surface area contributed by atoms with Gasteiger partial charge < -0.3 is 4.74 Å². The Morgan fingerprint density at radius 2 is 1.88 bits per heavy atom. The average molecular weight is 400 g/mol. The molecule has 3 rings (SSSR count). The molecule has 0 aliphatic carbocycles. The fourth-order valence-corrected chi connectivity index (χ4v) is 3.89. The lowest BCUT2D eigenvalue weighted by molar-refractivity contribution is -0.153. The van der Waals surface area contributed by atoms with Crippen LogP contribution in [0.15, 0.2) is 71.2 Å². The fraction of sp³-hybridized carbons (Fsp3) is 0.364. The summed E-state index contributed by atoms with van der Waals surface area (Å²) in [4.78, 5) is 2.41. The molecule has 0 unspecified atom stereocenters. The van der Waals surface area contributed by atoms with Crippen molar-refractivity contribution in [3.63, 3.8) is 0 Å². The van der Waals surface area contributed by atoms with E-state index in [2.05, 4.69) is 95.9 Å². The van der Waals surface area contributed by atoms with E-state index in [1.165, 1.54) is 16.7 Å². The Bertz CT molecular complexity index is 703. The third-order valence-electron chi connectivity index (χ3n) is 5.10. The summed E-state index contributed by atoms with van der Waals surface area (Å²) in [6.45, 7) is 10.1. The smallest absolute Gasteiger partial charge is 0.101 e. The minimum Gasteiger partial charge on any atom is -0.355 e. The van der Waals surface area contributed by atoms with Gasteiger partial charge >= 0.3 is 0 Å². The molecule has 0 amide bonds. The number of hydrogen-bond donors (Lipinski definition) is 0. The highest BCUT2D eigenvalue weighted by atomic mass is 79.9. The predicted molar refractivity (Wildman–Crippen MR) is 107 cm³/mol. The normalized spacial score (nSPS) is 22.5. The molecule has 2 aromatic rings. The summed E-state index contributed by atoms with van der Waals surface area (Å²) in [5.41, 5.74) is 3.49. The molecule has 1 saturated heterocycles. The van der Waals surface area contributed by atoms with E-state index in [0.717, 1.165) is 23.9 Å². The molecule has 2 aromatic carbocycles. The first kappa shape index (κ1) is 18.4. The van der Waals surface area contributed by atoms with Crippen molar-refractivity contribution in [2.75, 3.05) is 13.3 Å². The highest BCUT2D eigenvalue weighted by Gasteiger charge is 2.38. The first-order valence-electron chi connectivity index (χ1n) is 8.83. The summed E-state index contributed by atoms with van der Waals surface area (Å²) >= 11 is 3.51. The van der Waals surface area contributed by atoms with Gasteiger partial charge in [0.25, 0.3) is 0 Å². The number of rotatable bonds is 5. The predicted octanol–water partition coefficient (Wildman–Crippen LogP) is 6.05. The van der Waals surface area contributed by atoms with Crippen LogP contribution in [0.4, 0.5) is 0 Å². The van der Waals surface area contributed by atoms with Crippen molar-refractivity contribution in [1.82, 2.24) is 4.90 Å². The Morgan fingerprint density at radius 1 is 1.20 bits per heavy atom. The molecule has 1 aliphatic heterocycles. The van der Waals surface area contributed by atoms with E-state index in [4.69, 9.17) is 4.74 Å². The van der Waals surface area contributed by atoms with Crippen molar-refractivity contribution in [2.24, 2.45) is 0 Å². The Labute approximate surface area is 159 Å². The maximum Gasteiger partial charge on any atom is 0.101 e. The van der Waals surface area contributed by atoms with Crippen LogP contribution in [-0.2, 0) is 10.3 Å². The first-order chi connectivity index (χ1) is 12.0. The second-order valence-corrected chi connectivity index (χ2v) is 7.97. The zero-order valence-corrected chi connectivity index (χ0v) is 16.6. The molecule has 0 bridgehead atoms. The quantitative estimate of drug-likeness (QED) is 0.567. The molecule has 1 heterocycles.